The molecule has 0 fully saturated rings. The van der Waals surface area contributed by atoms with Gasteiger partial charge in [0, 0.05) is 10.3 Å². The van der Waals surface area contributed by atoms with Crippen molar-refractivity contribution >= 4 is 16.9 Å². The molecule has 0 aliphatic rings. The molecule has 1 unspecified atom stereocenters. The fourth-order valence-corrected chi connectivity index (χ4v) is 2.80. The number of alkyl halides is 2. The number of hydrogen-bond acceptors (Lipinski definition) is 3. The predicted octanol–water partition coefficient (Wildman–Crippen LogP) is 4.14. The van der Waals surface area contributed by atoms with Gasteiger partial charge in [0.15, 0.2) is 0 Å². The first-order valence-corrected chi connectivity index (χ1v) is 8.62. The average Bonchev–Trinajstić information content (AvgIpc) is 2.60. The first-order chi connectivity index (χ1) is 12.0. The van der Waals surface area contributed by atoms with E-state index in [1.165, 1.54) is 0 Å². The lowest BCUT2D eigenvalue weighted by atomic mass is 10.2. The Bertz CT molecular complexity index is 762. The van der Waals surface area contributed by atoms with Crippen LogP contribution in [-0.2, 0) is 22.1 Å². The van der Waals surface area contributed by atoms with Crippen LogP contribution < -0.4 is 5.32 Å². The van der Waals surface area contributed by atoms with Crippen molar-refractivity contribution in [3.05, 3.63) is 76.8 Å². The summed E-state index contributed by atoms with van der Waals surface area (Å²) < 4.78 is 43.2. The van der Waals surface area contributed by atoms with Crippen molar-refractivity contribution in [1.29, 1.82) is 0 Å². The van der Waals surface area contributed by atoms with Gasteiger partial charge < -0.3 is 4.74 Å². The van der Waals surface area contributed by atoms with Gasteiger partial charge in [-0.1, -0.05) is 48.0 Å². The number of allylic oxidation sites excluding steroid dienone is 1. The maximum absolute atomic E-state index is 13.1. The van der Waals surface area contributed by atoms with Crippen molar-refractivity contribution < 1.29 is 22.5 Å². The zero-order valence-electron chi connectivity index (χ0n) is 13.4. The molecule has 0 radical (unpaired) electrons. The fraction of sp³-hybridized carbons (Fsp3) is 0.167. The van der Waals surface area contributed by atoms with Crippen LogP contribution in [0.4, 0.5) is 13.6 Å². The van der Waals surface area contributed by atoms with E-state index in [1.54, 1.807) is 48.5 Å². The summed E-state index contributed by atoms with van der Waals surface area (Å²) in [4.78, 5) is 12.1. The largest absolute Gasteiger partial charge is 0.444 e. The molecule has 1 N–H and O–H groups in total. The Morgan fingerprint density at radius 2 is 1.80 bits per heavy atom. The number of amides is 1. The molecule has 0 aromatic heterocycles. The number of halogens is 2. The molecule has 0 aliphatic carbocycles. The standard InChI is InChI=1S/C18H17F2NO3S/c1-13-7-9-15(10-8-13)25(23)12-16(17(19)20)21-18(22)24-11-14-5-3-2-4-6-14/h2-10,12,17H,11H2,1H3,(H,21,22)/b16-12-. The van der Waals surface area contributed by atoms with Crippen LogP contribution >= 0.6 is 0 Å². The van der Waals surface area contributed by atoms with Crippen molar-refractivity contribution in [1.82, 2.24) is 5.32 Å². The van der Waals surface area contributed by atoms with E-state index < -0.39 is 29.0 Å². The number of ether oxygens (including phenoxy) is 1. The Labute approximate surface area is 147 Å². The zero-order chi connectivity index (χ0) is 18.2. The molecule has 4 nitrogen and oxygen atoms in total. The van der Waals surface area contributed by atoms with E-state index >= 15 is 0 Å². The Kier molecular flexibility index (Phi) is 6.82. The second kappa shape index (κ2) is 9.08. The Hall–Kier alpha value is -2.54. The highest BCUT2D eigenvalue weighted by Gasteiger charge is 2.17. The van der Waals surface area contributed by atoms with Crippen LogP contribution in [0.25, 0.3) is 0 Å². The van der Waals surface area contributed by atoms with Gasteiger partial charge in [0.2, 0.25) is 0 Å². The number of hydrogen-bond donors (Lipinski definition) is 1. The molecule has 0 aliphatic heterocycles. The van der Waals surface area contributed by atoms with Gasteiger partial charge in [0.1, 0.15) is 6.61 Å². The van der Waals surface area contributed by atoms with E-state index in [2.05, 4.69) is 0 Å². The van der Waals surface area contributed by atoms with Crippen LogP contribution in [0.15, 0.2) is 70.6 Å². The van der Waals surface area contributed by atoms with Gasteiger partial charge in [-0.3, -0.25) is 5.32 Å². The molecule has 25 heavy (non-hydrogen) atoms. The summed E-state index contributed by atoms with van der Waals surface area (Å²) in [5.74, 6) is 0. The number of carbonyl (C=O) groups is 1. The van der Waals surface area contributed by atoms with E-state index in [9.17, 15) is 17.8 Å². The zero-order valence-corrected chi connectivity index (χ0v) is 14.3. The first kappa shape index (κ1) is 18.8. The van der Waals surface area contributed by atoms with Crippen LogP contribution in [0.1, 0.15) is 11.1 Å². The minimum absolute atomic E-state index is 0.0513. The molecule has 7 heteroatoms. The highest BCUT2D eigenvalue weighted by molar-refractivity contribution is 7.88. The highest BCUT2D eigenvalue weighted by Crippen LogP contribution is 2.14. The lowest BCUT2D eigenvalue weighted by Gasteiger charge is -2.10. The van der Waals surface area contributed by atoms with Gasteiger partial charge in [-0.15, -0.1) is 0 Å². The van der Waals surface area contributed by atoms with Gasteiger partial charge in [-0.2, -0.15) is 0 Å². The van der Waals surface area contributed by atoms with Crippen LogP contribution in [0.3, 0.4) is 0 Å². The smallest absolute Gasteiger partial charge is 0.411 e. The molecule has 0 saturated carbocycles. The quantitative estimate of drug-likeness (QED) is 0.837. The number of aryl methyl sites for hydroxylation is 1. The summed E-state index contributed by atoms with van der Waals surface area (Å²) in [6, 6.07) is 15.4. The summed E-state index contributed by atoms with van der Waals surface area (Å²) >= 11 is 0. The first-order valence-electron chi connectivity index (χ1n) is 7.40. The summed E-state index contributed by atoms with van der Waals surface area (Å²) in [5, 5.41) is 2.77. The fourth-order valence-electron chi connectivity index (χ4n) is 1.87. The molecule has 0 saturated heterocycles. The van der Waals surface area contributed by atoms with Gasteiger partial charge in [-0.25, -0.2) is 17.8 Å². The summed E-state index contributed by atoms with van der Waals surface area (Å²) in [7, 11) is -1.81. The van der Waals surface area contributed by atoms with Crippen molar-refractivity contribution in [3.63, 3.8) is 0 Å². The number of carbonyl (C=O) groups excluding carboxylic acids is 1. The van der Waals surface area contributed by atoms with Crippen molar-refractivity contribution in [3.8, 4) is 0 Å². The van der Waals surface area contributed by atoms with E-state index in [4.69, 9.17) is 4.74 Å². The van der Waals surface area contributed by atoms with Crippen molar-refractivity contribution in [2.24, 2.45) is 0 Å². The molecular formula is C18H17F2NO3S. The second-order valence-electron chi connectivity index (χ2n) is 5.17. The van der Waals surface area contributed by atoms with Crippen molar-refractivity contribution in [2.45, 2.75) is 24.9 Å². The molecule has 1 amide bonds. The van der Waals surface area contributed by atoms with Gasteiger partial charge >= 0.3 is 6.09 Å². The third kappa shape index (κ3) is 6.11. The van der Waals surface area contributed by atoms with Crippen LogP contribution in [0, 0.1) is 6.92 Å². The maximum Gasteiger partial charge on any atom is 0.411 e. The highest BCUT2D eigenvalue weighted by atomic mass is 32.2. The minimum Gasteiger partial charge on any atom is -0.444 e. The molecule has 1 atom stereocenters. The minimum atomic E-state index is -2.99. The van der Waals surface area contributed by atoms with E-state index in [0.29, 0.717) is 4.90 Å². The molecule has 0 bridgehead atoms. The molecule has 2 aromatic carbocycles. The van der Waals surface area contributed by atoms with Gasteiger partial charge in [0.05, 0.1) is 16.5 Å². The van der Waals surface area contributed by atoms with E-state index in [-0.39, 0.29) is 6.61 Å². The molecule has 2 rings (SSSR count). The topological polar surface area (TPSA) is 55.4 Å². The number of nitrogens with one attached hydrogen (secondary N) is 1. The summed E-state index contributed by atoms with van der Waals surface area (Å²) in [6.45, 7) is 1.81. The number of alkyl carbamates (subject to hydrolysis) is 1. The average molecular weight is 365 g/mol. The number of rotatable bonds is 6. The predicted molar refractivity (Wildman–Crippen MR) is 91.4 cm³/mol. The maximum atomic E-state index is 13.1. The SMILES string of the molecule is Cc1ccc(S(=O)/C=C(\NC(=O)OCc2ccccc2)C(F)F)cc1. The van der Waals surface area contributed by atoms with Crippen LogP contribution in [-0.4, -0.2) is 16.7 Å². The Morgan fingerprint density at radius 3 is 2.40 bits per heavy atom. The summed E-state index contributed by atoms with van der Waals surface area (Å²) in [5.41, 5.74) is 0.932. The molecule has 0 spiro atoms. The Morgan fingerprint density at radius 1 is 1.16 bits per heavy atom. The lowest BCUT2D eigenvalue weighted by Crippen LogP contribution is -2.27. The lowest BCUT2D eigenvalue weighted by molar-refractivity contribution is 0.132. The normalized spacial score (nSPS) is 12.7. The Balaban J connectivity index is 2.00. The summed E-state index contributed by atoms with van der Waals surface area (Å²) in [6.07, 6.45) is -4.02. The molecular weight excluding hydrogens is 348 g/mol. The third-order valence-corrected chi connectivity index (χ3v) is 4.39. The molecule has 2 aromatic rings. The monoisotopic (exact) mass is 365 g/mol. The number of benzene rings is 2. The van der Waals surface area contributed by atoms with Gasteiger partial charge in [-0.05, 0) is 24.6 Å². The van der Waals surface area contributed by atoms with E-state index in [1.807, 2.05) is 18.3 Å². The van der Waals surface area contributed by atoms with Crippen molar-refractivity contribution in [2.75, 3.05) is 0 Å². The molecule has 0 heterocycles. The van der Waals surface area contributed by atoms with Crippen LogP contribution in [0.5, 0.6) is 0 Å². The third-order valence-electron chi connectivity index (χ3n) is 3.18. The van der Waals surface area contributed by atoms with Gasteiger partial charge in [0.25, 0.3) is 6.43 Å². The van der Waals surface area contributed by atoms with E-state index in [0.717, 1.165) is 16.5 Å². The van der Waals surface area contributed by atoms with Crippen LogP contribution in [0.2, 0.25) is 0 Å². The molecule has 132 valence electrons. The second-order valence-corrected chi connectivity index (χ2v) is 6.47.